The molecule has 0 aromatic carbocycles. The van der Waals surface area contributed by atoms with Crippen molar-refractivity contribution in [2.75, 3.05) is 39.3 Å². The van der Waals surface area contributed by atoms with Crippen LogP contribution in [-0.4, -0.2) is 69.6 Å². The van der Waals surface area contributed by atoms with E-state index in [2.05, 4.69) is 4.90 Å². The molecular formula is C13H20N4O4. The van der Waals surface area contributed by atoms with Crippen molar-refractivity contribution in [3.8, 4) is 0 Å². The number of piperazine rings is 1. The van der Waals surface area contributed by atoms with Crippen molar-refractivity contribution in [3.05, 3.63) is 28.1 Å². The Morgan fingerprint density at radius 1 is 1.38 bits per heavy atom. The van der Waals surface area contributed by atoms with Gasteiger partial charge in [-0.3, -0.25) is 19.8 Å². The van der Waals surface area contributed by atoms with E-state index in [0.717, 1.165) is 0 Å². The van der Waals surface area contributed by atoms with Crippen LogP contribution in [0.5, 0.6) is 0 Å². The van der Waals surface area contributed by atoms with Crippen LogP contribution in [0, 0.1) is 10.1 Å². The zero-order chi connectivity index (χ0) is 15.4. The summed E-state index contributed by atoms with van der Waals surface area (Å²) in [5.41, 5.74) is 0.305. The third-order valence-electron chi connectivity index (χ3n) is 3.73. The van der Waals surface area contributed by atoms with Gasteiger partial charge in [0.25, 0.3) is 11.6 Å². The highest BCUT2D eigenvalue weighted by Crippen LogP contribution is 2.18. The zero-order valence-corrected chi connectivity index (χ0v) is 12.1. The fraction of sp³-hybridized carbons (Fsp3) is 0.615. The van der Waals surface area contributed by atoms with Gasteiger partial charge in [-0.15, -0.1) is 0 Å². The van der Waals surface area contributed by atoms with E-state index in [1.54, 1.807) is 9.47 Å². The molecule has 0 unspecified atom stereocenters. The summed E-state index contributed by atoms with van der Waals surface area (Å²) in [7, 11) is 0. The Hall–Kier alpha value is -1.93. The van der Waals surface area contributed by atoms with Gasteiger partial charge in [0, 0.05) is 45.3 Å². The molecule has 0 bridgehead atoms. The van der Waals surface area contributed by atoms with Gasteiger partial charge in [0.1, 0.15) is 5.69 Å². The molecule has 2 rings (SSSR count). The normalized spacial score (nSPS) is 16.2. The number of aliphatic hydroxyl groups is 1. The molecule has 1 saturated heterocycles. The van der Waals surface area contributed by atoms with Gasteiger partial charge in [-0.05, 0) is 6.92 Å². The summed E-state index contributed by atoms with van der Waals surface area (Å²) in [6.45, 7) is 5.64. The van der Waals surface area contributed by atoms with E-state index in [1.165, 1.54) is 12.3 Å². The molecule has 8 nitrogen and oxygen atoms in total. The van der Waals surface area contributed by atoms with Crippen LogP contribution < -0.4 is 0 Å². The van der Waals surface area contributed by atoms with Crippen molar-refractivity contribution in [1.29, 1.82) is 0 Å². The minimum atomic E-state index is -0.484. The van der Waals surface area contributed by atoms with E-state index in [4.69, 9.17) is 5.11 Å². The smallest absolute Gasteiger partial charge is 0.287 e. The van der Waals surface area contributed by atoms with E-state index in [-0.39, 0.29) is 18.2 Å². The molecular weight excluding hydrogens is 276 g/mol. The topological polar surface area (TPSA) is 91.8 Å². The van der Waals surface area contributed by atoms with Gasteiger partial charge in [-0.2, -0.15) is 0 Å². The quantitative estimate of drug-likeness (QED) is 0.617. The Morgan fingerprint density at radius 3 is 2.57 bits per heavy atom. The van der Waals surface area contributed by atoms with Crippen molar-refractivity contribution in [1.82, 2.24) is 14.4 Å². The van der Waals surface area contributed by atoms with Crippen molar-refractivity contribution < 1.29 is 14.8 Å². The predicted molar refractivity (Wildman–Crippen MR) is 76.2 cm³/mol. The number of aromatic nitrogens is 1. The molecule has 0 spiro atoms. The number of amides is 1. The average molecular weight is 296 g/mol. The third-order valence-corrected chi connectivity index (χ3v) is 3.73. The number of nitrogens with zero attached hydrogens (tertiary/aromatic N) is 4. The first-order valence-corrected chi connectivity index (χ1v) is 7.04. The minimum absolute atomic E-state index is 0.0564. The van der Waals surface area contributed by atoms with E-state index >= 15 is 0 Å². The monoisotopic (exact) mass is 296 g/mol. The molecule has 1 fully saturated rings. The highest BCUT2D eigenvalue weighted by atomic mass is 16.6. The molecule has 0 saturated carbocycles. The number of hydrogen-bond acceptors (Lipinski definition) is 5. The summed E-state index contributed by atoms with van der Waals surface area (Å²) < 4.78 is 1.61. The molecule has 116 valence electrons. The van der Waals surface area contributed by atoms with Gasteiger partial charge in [-0.25, -0.2) is 0 Å². The lowest BCUT2D eigenvalue weighted by Gasteiger charge is -2.34. The average Bonchev–Trinajstić information content (AvgIpc) is 2.92. The van der Waals surface area contributed by atoms with Gasteiger partial charge in [0.2, 0.25) is 0 Å². The van der Waals surface area contributed by atoms with Gasteiger partial charge in [-0.1, -0.05) is 0 Å². The first-order valence-electron chi connectivity index (χ1n) is 7.04. The van der Waals surface area contributed by atoms with Crippen LogP contribution in [0.3, 0.4) is 0 Å². The number of β-amino-alcohol motifs (C(OH)–C–C–N with tert-alkyl or cyclic N) is 1. The molecule has 1 aliphatic rings. The van der Waals surface area contributed by atoms with Crippen LogP contribution in [0.1, 0.15) is 17.4 Å². The number of rotatable bonds is 5. The molecule has 1 amide bonds. The van der Waals surface area contributed by atoms with Crippen LogP contribution in [0.15, 0.2) is 12.3 Å². The molecule has 0 radical (unpaired) electrons. The van der Waals surface area contributed by atoms with Crippen LogP contribution in [0.2, 0.25) is 0 Å². The molecule has 1 aromatic heterocycles. The number of aryl methyl sites for hydroxylation is 1. The first kappa shape index (κ1) is 15.5. The third kappa shape index (κ3) is 3.40. The highest BCUT2D eigenvalue weighted by molar-refractivity contribution is 5.93. The Balaban J connectivity index is 2.08. The maximum absolute atomic E-state index is 12.5. The van der Waals surface area contributed by atoms with Crippen molar-refractivity contribution in [3.63, 3.8) is 0 Å². The maximum Gasteiger partial charge on any atom is 0.287 e. The maximum atomic E-state index is 12.5. The fourth-order valence-electron chi connectivity index (χ4n) is 2.51. The molecule has 21 heavy (non-hydrogen) atoms. The Bertz CT molecular complexity index is 520. The first-order chi connectivity index (χ1) is 10.1. The lowest BCUT2D eigenvalue weighted by molar-refractivity contribution is -0.384. The van der Waals surface area contributed by atoms with Crippen LogP contribution >= 0.6 is 0 Å². The van der Waals surface area contributed by atoms with E-state index in [9.17, 15) is 14.9 Å². The summed E-state index contributed by atoms with van der Waals surface area (Å²) in [5, 5.41) is 19.7. The van der Waals surface area contributed by atoms with Crippen molar-refractivity contribution in [2.24, 2.45) is 0 Å². The zero-order valence-electron chi connectivity index (χ0n) is 12.1. The van der Waals surface area contributed by atoms with Gasteiger partial charge in [0.05, 0.1) is 17.7 Å². The molecule has 0 aliphatic carbocycles. The van der Waals surface area contributed by atoms with E-state index in [1.807, 2.05) is 6.92 Å². The number of carbonyl (C=O) groups excluding carboxylic acids is 1. The van der Waals surface area contributed by atoms with E-state index < -0.39 is 4.92 Å². The summed E-state index contributed by atoms with van der Waals surface area (Å²) in [5.74, 6) is -0.173. The summed E-state index contributed by atoms with van der Waals surface area (Å²) in [4.78, 5) is 26.6. The summed E-state index contributed by atoms with van der Waals surface area (Å²) in [6.07, 6.45) is 1.40. The second-order valence-electron chi connectivity index (χ2n) is 4.98. The second kappa shape index (κ2) is 6.68. The number of aliphatic hydroxyl groups excluding tert-OH is 1. The molecule has 0 atom stereocenters. The molecule has 8 heteroatoms. The van der Waals surface area contributed by atoms with Gasteiger partial charge in [0.15, 0.2) is 0 Å². The SMILES string of the molecule is CCn1cc([N+](=O)[O-])cc1C(=O)N1CCN(CCO)CC1. The standard InChI is InChI=1S/C13H20N4O4/c1-2-15-10-11(17(20)21)9-12(15)13(19)16-5-3-14(4-6-16)7-8-18/h9-10,18H,2-8H2,1H3. The Kier molecular flexibility index (Phi) is 4.92. The van der Waals surface area contributed by atoms with Crippen LogP contribution in [-0.2, 0) is 6.54 Å². The molecule has 1 N–H and O–H groups in total. The van der Waals surface area contributed by atoms with Crippen LogP contribution in [0.4, 0.5) is 5.69 Å². The predicted octanol–water partition coefficient (Wildman–Crippen LogP) is 0.166. The van der Waals surface area contributed by atoms with Gasteiger partial charge >= 0.3 is 0 Å². The number of carbonyl (C=O) groups is 1. The summed E-state index contributed by atoms with van der Waals surface area (Å²) >= 11 is 0. The van der Waals surface area contributed by atoms with Crippen LogP contribution in [0.25, 0.3) is 0 Å². The summed E-state index contributed by atoms with van der Waals surface area (Å²) in [6, 6.07) is 1.34. The minimum Gasteiger partial charge on any atom is -0.395 e. The lowest BCUT2D eigenvalue weighted by Crippen LogP contribution is -2.49. The number of nitro groups is 1. The van der Waals surface area contributed by atoms with Gasteiger partial charge < -0.3 is 14.6 Å². The number of hydrogen-bond donors (Lipinski definition) is 1. The Morgan fingerprint density at radius 2 is 2.05 bits per heavy atom. The van der Waals surface area contributed by atoms with Crippen molar-refractivity contribution in [2.45, 2.75) is 13.5 Å². The molecule has 1 aromatic rings. The van der Waals surface area contributed by atoms with E-state index in [0.29, 0.717) is 45.0 Å². The fourth-order valence-corrected chi connectivity index (χ4v) is 2.51. The molecule has 1 aliphatic heterocycles. The Labute approximate surface area is 122 Å². The van der Waals surface area contributed by atoms with Crippen molar-refractivity contribution >= 4 is 11.6 Å². The second-order valence-corrected chi connectivity index (χ2v) is 4.98. The highest BCUT2D eigenvalue weighted by Gasteiger charge is 2.26. The largest absolute Gasteiger partial charge is 0.395 e. The lowest BCUT2D eigenvalue weighted by atomic mass is 10.2. The molecule has 2 heterocycles.